The molecule has 3 rings (SSSR count). The van der Waals surface area contributed by atoms with E-state index in [4.69, 9.17) is 0 Å². The quantitative estimate of drug-likeness (QED) is 0.553. The second-order valence-corrected chi connectivity index (χ2v) is 8.26. The van der Waals surface area contributed by atoms with Crippen LogP contribution in [0.1, 0.15) is 36.0 Å². The summed E-state index contributed by atoms with van der Waals surface area (Å²) in [5, 5.41) is 8.11. The van der Waals surface area contributed by atoms with E-state index >= 15 is 0 Å². The first-order chi connectivity index (χ1) is 12.5. The highest BCUT2D eigenvalue weighted by atomic mass is 79.9. The van der Waals surface area contributed by atoms with Crippen LogP contribution in [-0.2, 0) is 11.8 Å². The van der Waals surface area contributed by atoms with Crippen molar-refractivity contribution >= 4 is 45.1 Å². The maximum absolute atomic E-state index is 13.0. The number of aromatic nitrogens is 2. The summed E-state index contributed by atoms with van der Waals surface area (Å²) in [6, 6.07) is 7.38. The first-order valence-electron chi connectivity index (χ1n) is 8.68. The van der Waals surface area contributed by atoms with Crippen molar-refractivity contribution in [1.82, 2.24) is 9.78 Å². The normalized spacial score (nSPS) is 20.0. The molecule has 0 aliphatic heterocycles. The molecule has 1 fully saturated rings. The molecule has 1 heterocycles. The molecule has 1 aliphatic carbocycles. The van der Waals surface area contributed by atoms with E-state index in [-0.39, 0.29) is 23.5 Å². The molecule has 1 N–H and O–H groups in total. The number of halogens is 1. The van der Waals surface area contributed by atoms with Gasteiger partial charge in [0.05, 0.1) is 11.9 Å². The highest BCUT2D eigenvalue weighted by Gasteiger charge is 2.36. The molecule has 2 atom stereocenters. The molecule has 1 aromatic carbocycles. The van der Waals surface area contributed by atoms with Gasteiger partial charge < -0.3 is 5.32 Å². The molecule has 0 unspecified atom stereocenters. The molecule has 7 heteroatoms. The minimum Gasteiger partial charge on any atom is -0.322 e. The molecule has 138 valence electrons. The Morgan fingerprint density at radius 2 is 1.85 bits per heavy atom. The van der Waals surface area contributed by atoms with Crippen LogP contribution in [0.25, 0.3) is 0 Å². The summed E-state index contributed by atoms with van der Waals surface area (Å²) in [6.07, 6.45) is 7.08. The van der Waals surface area contributed by atoms with Gasteiger partial charge in [0.15, 0.2) is 5.78 Å². The Hall–Kier alpha value is -1.60. The lowest BCUT2D eigenvalue weighted by atomic mass is 9.75. The van der Waals surface area contributed by atoms with Crippen LogP contribution in [0.4, 0.5) is 5.69 Å². The van der Waals surface area contributed by atoms with Crippen molar-refractivity contribution in [3.63, 3.8) is 0 Å². The van der Waals surface area contributed by atoms with Crippen LogP contribution >= 0.6 is 27.7 Å². The molecule has 0 saturated heterocycles. The second kappa shape index (κ2) is 8.39. The largest absolute Gasteiger partial charge is 0.322 e. The number of rotatable bonds is 5. The van der Waals surface area contributed by atoms with Crippen LogP contribution in [0.15, 0.2) is 40.0 Å². The smallest absolute Gasteiger partial charge is 0.228 e. The van der Waals surface area contributed by atoms with E-state index in [0.29, 0.717) is 11.3 Å². The van der Waals surface area contributed by atoms with Crippen LogP contribution in [0.3, 0.4) is 0 Å². The predicted molar refractivity (Wildman–Crippen MR) is 108 cm³/mol. The Bertz CT molecular complexity index is 804. The standard InChI is InChI=1S/C19H22BrN3O2S/c1-23-19(26-2)16(11-21-23)22-18(25)15-6-4-3-5-14(15)17(24)12-7-9-13(20)10-8-12/h7-11,14-15H,3-6H2,1-2H3,(H,22,25)/t14-,15-/m1/s1. The topological polar surface area (TPSA) is 64.0 Å². The van der Waals surface area contributed by atoms with Gasteiger partial charge in [0, 0.05) is 28.9 Å². The predicted octanol–water partition coefficient (Wildman–Crippen LogP) is 4.53. The number of Topliss-reactive ketones (excluding diaryl/α,β-unsaturated/α-hetero) is 1. The Morgan fingerprint density at radius 3 is 2.50 bits per heavy atom. The van der Waals surface area contributed by atoms with Gasteiger partial charge in [-0.1, -0.05) is 40.9 Å². The number of aryl methyl sites for hydroxylation is 1. The third kappa shape index (κ3) is 4.04. The molecular weight excluding hydrogens is 414 g/mol. The molecule has 2 aromatic rings. The van der Waals surface area contributed by atoms with Crippen LogP contribution in [0.2, 0.25) is 0 Å². The lowest BCUT2D eigenvalue weighted by molar-refractivity contribution is -0.122. The Labute approximate surface area is 166 Å². The van der Waals surface area contributed by atoms with E-state index in [9.17, 15) is 9.59 Å². The second-order valence-electron chi connectivity index (χ2n) is 6.55. The molecule has 1 saturated carbocycles. The first kappa shape index (κ1) is 19.2. The maximum atomic E-state index is 13.0. The number of nitrogens with one attached hydrogen (secondary N) is 1. The molecule has 0 radical (unpaired) electrons. The number of carbonyl (C=O) groups excluding carboxylic acids is 2. The van der Waals surface area contributed by atoms with Gasteiger partial charge in [-0.25, -0.2) is 0 Å². The summed E-state index contributed by atoms with van der Waals surface area (Å²) in [5.74, 6) is -0.578. The summed E-state index contributed by atoms with van der Waals surface area (Å²) in [6.45, 7) is 0. The average Bonchev–Trinajstić information content (AvgIpc) is 3.01. The van der Waals surface area contributed by atoms with Crippen LogP contribution in [0.5, 0.6) is 0 Å². The zero-order valence-corrected chi connectivity index (χ0v) is 17.3. The van der Waals surface area contributed by atoms with Crippen molar-refractivity contribution in [2.45, 2.75) is 30.7 Å². The zero-order valence-electron chi connectivity index (χ0n) is 14.9. The molecule has 1 aromatic heterocycles. The fraction of sp³-hybridized carbons (Fsp3) is 0.421. The third-order valence-electron chi connectivity index (χ3n) is 4.90. The van der Waals surface area contributed by atoms with E-state index in [1.54, 1.807) is 10.9 Å². The van der Waals surface area contributed by atoms with E-state index in [1.165, 1.54) is 11.8 Å². The number of anilines is 1. The SMILES string of the molecule is CSc1c(NC(=O)[C@@H]2CCCC[C@H]2C(=O)c2ccc(Br)cc2)cnn1C. The summed E-state index contributed by atoms with van der Waals surface area (Å²) in [4.78, 5) is 25.9. The Kier molecular flexibility index (Phi) is 6.19. The van der Waals surface area contributed by atoms with E-state index in [2.05, 4.69) is 26.3 Å². The minimum atomic E-state index is -0.296. The molecule has 1 amide bonds. The Balaban J connectivity index is 1.78. The van der Waals surface area contributed by atoms with Gasteiger partial charge in [-0.2, -0.15) is 5.10 Å². The highest BCUT2D eigenvalue weighted by molar-refractivity contribution is 9.10. The number of hydrogen-bond acceptors (Lipinski definition) is 4. The molecule has 5 nitrogen and oxygen atoms in total. The van der Waals surface area contributed by atoms with Crippen molar-refractivity contribution in [2.75, 3.05) is 11.6 Å². The molecule has 0 spiro atoms. The maximum Gasteiger partial charge on any atom is 0.228 e. The van der Waals surface area contributed by atoms with Crippen molar-refractivity contribution in [1.29, 1.82) is 0 Å². The number of hydrogen-bond donors (Lipinski definition) is 1. The monoisotopic (exact) mass is 435 g/mol. The number of ketones is 1. The molecular formula is C19H22BrN3O2S. The van der Waals surface area contributed by atoms with E-state index < -0.39 is 0 Å². The fourth-order valence-corrected chi connectivity index (χ4v) is 4.47. The number of thioether (sulfide) groups is 1. The van der Waals surface area contributed by atoms with Gasteiger partial charge in [0.25, 0.3) is 0 Å². The summed E-state index contributed by atoms with van der Waals surface area (Å²) >= 11 is 4.93. The minimum absolute atomic E-state index is 0.0635. The average molecular weight is 436 g/mol. The lowest BCUT2D eigenvalue weighted by Gasteiger charge is -2.29. The Morgan fingerprint density at radius 1 is 1.19 bits per heavy atom. The van der Waals surface area contributed by atoms with Gasteiger partial charge in [-0.3, -0.25) is 14.3 Å². The molecule has 1 aliphatic rings. The van der Waals surface area contributed by atoms with Gasteiger partial charge >= 0.3 is 0 Å². The number of benzene rings is 1. The number of carbonyl (C=O) groups is 2. The van der Waals surface area contributed by atoms with Gasteiger partial charge in [-0.05, 0) is 31.2 Å². The van der Waals surface area contributed by atoms with Crippen molar-refractivity contribution in [3.8, 4) is 0 Å². The van der Waals surface area contributed by atoms with Gasteiger partial charge in [0.2, 0.25) is 5.91 Å². The highest BCUT2D eigenvalue weighted by Crippen LogP contribution is 2.34. The van der Waals surface area contributed by atoms with Gasteiger partial charge in [-0.15, -0.1) is 11.8 Å². The summed E-state index contributed by atoms with van der Waals surface area (Å²) < 4.78 is 2.68. The third-order valence-corrected chi connectivity index (χ3v) is 6.30. The van der Waals surface area contributed by atoms with Crippen molar-refractivity contribution in [3.05, 3.63) is 40.5 Å². The zero-order chi connectivity index (χ0) is 18.7. The van der Waals surface area contributed by atoms with Crippen LogP contribution in [-0.4, -0.2) is 27.7 Å². The van der Waals surface area contributed by atoms with E-state index in [1.807, 2.05) is 37.6 Å². The van der Waals surface area contributed by atoms with Crippen molar-refractivity contribution < 1.29 is 9.59 Å². The fourth-order valence-electron chi connectivity index (χ4n) is 3.57. The van der Waals surface area contributed by atoms with Crippen LogP contribution in [0, 0.1) is 11.8 Å². The first-order valence-corrected chi connectivity index (χ1v) is 10.7. The summed E-state index contributed by atoms with van der Waals surface area (Å²) in [5.41, 5.74) is 1.38. The van der Waals surface area contributed by atoms with E-state index in [0.717, 1.165) is 35.2 Å². The number of amides is 1. The molecule has 26 heavy (non-hydrogen) atoms. The van der Waals surface area contributed by atoms with Crippen LogP contribution < -0.4 is 5.32 Å². The number of nitrogens with zero attached hydrogens (tertiary/aromatic N) is 2. The van der Waals surface area contributed by atoms with Gasteiger partial charge in [0.1, 0.15) is 5.03 Å². The lowest BCUT2D eigenvalue weighted by Crippen LogP contribution is -2.36. The van der Waals surface area contributed by atoms with Crippen molar-refractivity contribution in [2.24, 2.45) is 18.9 Å². The summed E-state index contributed by atoms with van der Waals surface area (Å²) in [7, 11) is 1.85. The molecule has 0 bridgehead atoms.